The van der Waals surface area contributed by atoms with E-state index in [1.807, 2.05) is 9.80 Å². The Morgan fingerprint density at radius 3 is 2.35 bits per heavy atom. The van der Waals surface area contributed by atoms with Crippen molar-refractivity contribution >= 4 is 28.3 Å². The quantitative estimate of drug-likeness (QED) is 0.883. The minimum absolute atomic E-state index is 0.0603. The molecule has 2 fully saturated rings. The van der Waals surface area contributed by atoms with E-state index in [0.717, 1.165) is 62.3 Å². The number of hydrogen-bond donors (Lipinski definition) is 1. The van der Waals surface area contributed by atoms with Crippen molar-refractivity contribution in [1.82, 2.24) is 14.8 Å². The molecule has 2 aliphatic heterocycles. The third-order valence-corrected chi connectivity index (χ3v) is 6.05. The number of likely N-dealkylation sites (tertiary alicyclic amines) is 1. The SMILES string of the molecule is Nc1nc2c(s1)CN(C(=O)C1CCN(C(=O)C3CC3)CC1)CC2. The number of fused-ring (bicyclic) bond motifs is 1. The maximum Gasteiger partial charge on any atom is 0.226 e. The number of piperidine rings is 1. The molecule has 23 heavy (non-hydrogen) atoms. The Hall–Kier alpha value is -1.63. The number of hydrogen-bond acceptors (Lipinski definition) is 5. The van der Waals surface area contributed by atoms with Gasteiger partial charge in [-0.15, -0.1) is 11.3 Å². The Kier molecular flexibility index (Phi) is 3.75. The summed E-state index contributed by atoms with van der Waals surface area (Å²) in [5.74, 6) is 0.879. The van der Waals surface area contributed by atoms with E-state index in [0.29, 0.717) is 17.6 Å². The van der Waals surface area contributed by atoms with Gasteiger partial charge in [0.15, 0.2) is 5.13 Å². The maximum atomic E-state index is 12.8. The molecule has 1 aliphatic carbocycles. The highest BCUT2D eigenvalue weighted by molar-refractivity contribution is 7.15. The fourth-order valence-electron chi connectivity index (χ4n) is 3.60. The minimum atomic E-state index is 0.0603. The van der Waals surface area contributed by atoms with Crippen LogP contribution in [0, 0.1) is 11.8 Å². The normalized spacial score (nSPS) is 22.1. The van der Waals surface area contributed by atoms with Crippen molar-refractivity contribution in [3.63, 3.8) is 0 Å². The summed E-state index contributed by atoms with van der Waals surface area (Å²) in [5.41, 5.74) is 6.82. The highest BCUT2D eigenvalue weighted by Gasteiger charge is 2.37. The number of nitrogens with zero attached hydrogens (tertiary/aromatic N) is 3. The molecule has 1 aromatic heterocycles. The van der Waals surface area contributed by atoms with Crippen LogP contribution in [0.25, 0.3) is 0 Å². The molecule has 0 aromatic carbocycles. The fraction of sp³-hybridized carbons (Fsp3) is 0.688. The second-order valence-corrected chi connectivity index (χ2v) is 7.92. The van der Waals surface area contributed by atoms with Gasteiger partial charge in [-0.1, -0.05) is 0 Å². The molecule has 1 saturated heterocycles. The van der Waals surface area contributed by atoms with Gasteiger partial charge in [-0.2, -0.15) is 0 Å². The highest BCUT2D eigenvalue weighted by Crippen LogP contribution is 2.33. The van der Waals surface area contributed by atoms with Crippen molar-refractivity contribution in [1.29, 1.82) is 0 Å². The van der Waals surface area contributed by atoms with Gasteiger partial charge in [0.1, 0.15) is 0 Å². The van der Waals surface area contributed by atoms with Crippen LogP contribution >= 0.6 is 11.3 Å². The molecule has 0 spiro atoms. The van der Waals surface area contributed by atoms with Gasteiger partial charge in [-0.05, 0) is 25.7 Å². The van der Waals surface area contributed by atoms with Gasteiger partial charge < -0.3 is 15.5 Å². The van der Waals surface area contributed by atoms with Crippen LogP contribution in [0.5, 0.6) is 0 Å². The lowest BCUT2D eigenvalue weighted by molar-refractivity contribution is -0.141. The molecule has 0 radical (unpaired) electrons. The van der Waals surface area contributed by atoms with Crippen LogP contribution in [-0.2, 0) is 22.6 Å². The van der Waals surface area contributed by atoms with E-state index in [-0.39, 0.29) is 17.7 Å². The molecule has 1 saturated carbocycles. The first-order valence-electron chi connectivity index (χ1n) is 8.43. The molecule has 6 nitrogen and oxygen atoms in total. The summed E-state index contributed by atoms with van der Waals surface area (Å²) < 4.78 is 0. The topological polar surface area (TPSA) is 79.5 Å². The van der Waals surface area contributed by atoms with Crippen molar-refractivity contribution in [3.05, 3.63) is 10.6 Å². The number of aromatic nitrogens is 1. The molecule has 0 atom stereocenters. The van der Waals surface area contributed by atoms with E-state index in [4.69, 9.17) is 5.73 Å². The lowest BCUT2D eigenvalue weighted by Gasteiger charge is -2.35. The molecular formula is C16H22N4O2S. The zero-order valence-electron chi connectivity index (χ0n) is 13.2. The summed E-state index contributed by atoms with van der Waals surface area (Å²) in [6.07, 6.45) is 4.49. The van der Waals surface area contributed by atoms with Crippen molar-refractivity contribution in [2.24, 2.45) is 11.8 Å². The average Bonchev–Trinajstić information content (AvgIpc) is 3.34. The number of carbonyl (C=O) groups excluding carboxylic acids is 2. The lowest BCUT2D eigenvalue weighted by atomic mass is 9.94. The molecule has 4 rings (SSSR count). The second-order valence-electron chi connectivity index (χ2n) is 6.81. The van der Waals surface area contributed by atoms with Gasteiger partial charge >= 0.3 is 0 Å². The van der Waals surface area contributed by atoms with Crippen molar-refractivity contribution in [3.8, 4) is 0 Å². The van der Waals surface area contributed by atoms with Crippen LogP contribution in [0.4, 0.5) is 5.13 Å². The zero-order chi connectivity index (χ0) is 16.0. The van der Waals surface area contributed by atoms with Crippen molar-refractivity contribution in [2.75, 3.05) is 25.4 Å². The van der Waals surface area contributed by atoms with Gasteiger partial charge in [-0.25, -0.2) is 4.98 Å². The molecule has 0 unspecified atom stereocenters. The molecule has 3 heterocycles. The predicted octanol–water partition coefficient (Wildman–Crippen LogP) is 1.26. The van der Waals surface area contributed by atoms with Gasteiger partial charge in [-0.3, -0.25) is 9.59 Å². The Labute approximate surface area is 139 Å². The van der Waals surface area contributed by atoms with Gasteiger partial charge in [0, 0.05) is 42.8 Å². The molecule has 124 valence electrons. The molecule has 2 N–H and O–H groups in total. The number of thiazole rings is 1. The van der Waals surface area contributed by atoms with E-state index >= 15 is 0 Å². The Bertz CT molecular complexity index is 632. The van der Waals surface area contributed by atoms with E-state index in [1.54, 1.807) is 0 Å². The smallest absolute Gasteiger partial charge is 0.226 e. The minimum Gasteiger partial charge on any atom is -0.375 e. The van der Waals surface area contributed by atoms with E-state index in [2.05, 4.69) is 4.98 Å². The number of carbonyl (C=O) groups is 2. The summed E-state index contributed by atoms with van der Waals surface area (Å²) >= 11 is 1.49. The summed E-state index contributed by atoms with van der Waals surface area (Å²) in [4.78, 5) is 34.2. The summed E-state index contributed by atoms with van der Waals surface area (Å²) in [5, 5.41) is 0.594. The fourth-order valence-corrected chi connectivity index (χ4v) is 4.49. The molecule has 0 bridgehead atoms. The first kappa shape index (κ1) is 14.9. The van der Waals surface area contributed by atoms with Gasteiger partial charge in [0.05, 0.1) is 12.2 Å². The zero-order valence-corrected chi connectivity index (χ0v) is 14.0. The molecule has 1 aromatic rings. The molecule has 2 amide bonds. The number of anilines is 1. The third-order valence-electron chi connectivity index (χ3n) is 5.14. The van der Waals surface area contributed by atoms with E-state index in [1.165, 1.54) is 11.3 Å². The van der Waals surface area contributed by atoms with Crippen LogP contribution in [0.2, 0.25) is 0 Å². The summed E-state index contributed by atoms with van der Waals surface area (Å²) in [6.45, 7) is 2.84. The number of nitrogen functional groups attached to an aromatic ring is 1. The number of rotatable bonds is 2. The van der Waals surface area contributed by atoms with Crippen molar-refractivity contribution in [2.45, 2.75) is 38.6 Å². The Morgan fingerprint density at radius 2 is 1.65 bits per heavy atom. The number of nitrogens with two attached hydrogens (primary N) is 1. The number of amides is 2. The largest absolute Gasteiger partial charge is 0.375 e. The highest BCUT2D eigenvalue weighted by atomic mass is 32.1. The predicted molar refractivity (Wildman–Crippen MR) is 87.7 cm³/mol. The van der Waals surface area contributed by atoms with Gasteiger partial charge in [0.2, 0.25) is 11.8 Å². The van der Waals surface area contributed by atoms with Crippen LogP contribution < -0.4 is 5.73 Å². The summed E-state index contributed by atoms with van der Waals surface area (Å²) in [6, 6.07) is 0. The van der Waals surface area contributed by atoms with E-state index in [9.17, 15) is 9.59 Å². The molecule has 3 aliphatic rings. The van der Waals surface area contributed by atoms with E-state index < -0.39 is 0 Å². The molecular weight excluding hydrogens is 312 g/mol. The standard InChI is InChI=1S/C16H22N4O2S/c17-16-18-12-5-8-20(9-13(12)23-16)15(22)11-3-6-19(7-4-11)14(21)10-1-2-10/h10-11H,1-9H2,(H2,17,18). The summed E-state index contributed by atoms with van der Waals surface area (Å²) in [7, 11) is 0. The molecule has 7 heteroatoms. The average molecular weight is 334 g/mol. The third kappa shape index (κ3) is 2.94. The first-order valence-corrected chi connectivity index (χ1v) is 9.25. The lowest BCUT2D eigenvalue weighted by Crippen LogP contribution is -2.45. The Balaban J connectivity index is 1.34. The van der Waals surface area contributed by atoms with Crippen LogP contribution in [0.15, 0.2) is 0 Å². The first-order chi connectivity index (χ1) is 11.1. The maximum absolute atomic E-state index is 12.8. The van der Waals surface area contributed by atoms with Crippen molar-refractivity contribution < 1.29 is 9.59 Å². The van der Waals surface area contributed by atoms with Crippen LogP contribution in [0.1, 0.15) is 36.3 Å². The Morgan fingerprint density at radius 1 is 1.00 bits per heavy atom. The monoisotopic (exact) mass is 334 g/mol. The van der Waals surface area contributed by atoms with Crippen LogP contribution in [-0.4, -0.2) is 46.2 Å². The van der Waals surface area contributed by atoms with Crippen LogP contribution in [0.3, 0.4) is 0 Å². The van der Waals surface area contributed by atoms with Gasteiger partial charge in [0.25, 0.3) is 0 Å². The second kappa shape index (κ2) is 5.78.